The van der Waals surface area contributed by atoms with Crippen LogP contribution in [0.3, 0.4) is 0 Å². The average Bonchev–Trinajstić information content (AvgIpc) is 2.89. The lowest BCUT2D eigenvalue weighted by molar-refractivity contribution is -0.151. The summed E-state index contributed by atoms with van der Waals surface area (Å²) >= 11 is 0. The molecule has 0 rings (SSSR count). The van der Waals surface area contributed by atoms with Crippen molar-refractivity contribution in [3.05, 3.63) is 0 Å². The lowest BCUT2D eigenvalue weighted by atomic mass is 10.0. The third kappa shape index (κ3) is 31.0. The van der Waals surface area contributed by atoms with Crippen molar-refractivity contribution >= 4 is 11.8 Å². The topological polar surface area (TPSA) is 67.4 Å². The summed E-state index contributed by atoms with van der Waals surface area (Å²) in [6, 6.07) is 0. The summed E-state index contributed by atoms with van der Waals surface area (Å²) < 4.78 is 0. The molecule has 0 bridgehead atoms. The molecule has 0 aromatic rings. The smallest absolute Gasteiger partial charge is 0.245 e. The molecule has 0 atom stereocenters. The monoisotopic (exact) mass is 524 g/mol. The van der Waals surface area contributed by atoms with Crippen molar-refractivity contribution in [3.63, 3.8) is 0 Å². The highest BCUT2D eigenvalue weighted by Gasteiger charge is 2.04. The molecule has 0 unspecified atom stereocenters. The van der Waals surface area contributed by atoms with Gasteiger partial charge in [-0.1, -0.05) is 168 Å². The van der Waals surface area contributed by atoms with Crippen molar-refractivity contribution in [1.82, 2.24) is 11.0 Å². The van der Waals surface area contributed by atoms with E-state index in [1.54, 1.807) is 0 Å². The van der Waals surface area contributed by atoms with E-state index in [-0.39, 0.29) is 11.8 Å². The van der Waals surface area contributed by atoms with Crippen LogP contribution in [0.2, 0.25) is 0 Å². The molecule has 0 aliphatic heterocycles. The van der Waals surface area contributed by atoms with E-state index < -0.39 is 0 Å². The predicted octanol–water partition coefficient (Wildman–Crippen LogP) is 10.0. The number of hydroxylamine groups is 2. The number of rotatable bonds is 30. The first-order chi connectivity index (χ1) is 18.2. The summed E-state index contributed by atoms with van der Waals surface area (Å²) in [5.74, 6) is -0.325. The fourth-order valence-corrected chi connectivity index (χ4v) is 4.85. The Morgan fingerprint density at radius 3 is 0.838 bits per heavy atom. The highest BCUT2D eigenvalue weighted by atomic mass is 16.8. The molecule has 5 heteroatoms. The zero-order valence-corrected chi connectivity index (χ0v) is 25.0. The van der Waals surface area contributed by atoms with Gasteiger partial charge in [0, 0.05) is 12.8 Å². The molecule has 0 saturated carbocycles. The Hall–Kier alpha value is -1.10. The SMILES string of the molecule is CCCCCCCCCCCCCCCC(=O)NONC(=O)CCCCCCCCCCCCCCC. The van der Waals surface area contributed by atoms with Crippen LogP contribution in [0.15, 0.2) is 0 Å². The number of amides is 2. The molecular formula is C32H64N2O3. The number of carbonyl (C=O) groups is 2. The second-order valence-corrected chi connectivity index (χ2v) is 11.1. The van der Waals surface area contributed by atoms with Crippen molar-refractivity contribution < 1.29 is 14.5 Å². The lowest BCUT2D eigenvalue weighted by Crippen LogP contribution is -2.34. The molecule has 0 radical (unpaired) electrons. The van der Waals surface area contributed by atoms with Crippen molar-refractivity contribution in [3.8, 4) is 0 Å². The van der Waals surface area contributed by atoms with E-state index in [9.17, 15) is 9.59 Å². The van der Waals surface area contributed by atoms with Gasteiger partial charge >= 0.3 is 0 Å². The van der Waals surface area contributed by atoms with E-state index in [2.05, 4.69) is 24.8 Å². The first kappa shape index (κ1) is 35.9. The molecule has 0 aliphatic carbocycles. The second kappa shape index (κ2) is 31.1. The van der Waals surface area contributed by atoms with Gasteiger partial charge in [-0.05, 0) is 12.8 Å². The zero-order valence-electron chi connectivity index (χ0n) is 25.0. The predicted molar refractivity (Wildman–Crippen MR) is 158 cm³/mol. The highest BCUT2D eigenvalue weighted by Crippen LogP contribution is 2.14. The van der Waals surface area contributed by atoms with Gasteiger partial charge in [0.1, 0.15) is 0 Å². The molecular weight excluding hydrogens is 460 g/mol. The second-order valence-electron chi connectivity index (χ2n) is 11.1. The fourth-order valence-electron chi connectivity index (χ4n) is 4.85. The molecule has 2 N–H and O–H groups in total. The van der Waals surface area contributed by atoms with Crippen LogP contribution in [0.25, 0.3) is 0 Å². The van der Waals surface area contributed by atoms with E-state index >= 15 is 0 Å². The van der Waals surface area contributed by atoms with Crippen LogP contribution in [0, 0.1) is 0 Å². The summed E-state index contributed by atoms with van der Waals surface area (Å²) in [7, 11) is 0. The van der Waals surface area contributed by atoms with Gasteiger partial charge in [0.2, 0.25) is 11.8 Å². The number of hydrogen-bond acceptors (Lipinski definition) is 3. The van der Waals surface area contributed by atoms with E-state index in [4.69, 9.17) is 4.94 Å². The maximum Gasteiger partial charge on any atom is 0.245 e. The molecule has 2 amide bonds. The first-order valence-corrected chi connectivity index (χ1v) is 16.4. The van der Waals surface area contributed by atoms with Crippen molar-refractivity contribution in [2.24, 2.45) is 0 Å². The quantitative estimate of drug-likeness (QED) is 0.0725. The van der Waals surface area contributed by atoms with Crippen molar-refractivity contribution in [2.45, 2.75) is 194 Å². The molecule has 37 heavy (non-hydrogen) atoms. The van der Waals surface area contributed by atoms with E-state index in [0.717, 1.165) is 25.7 Å². The van der Waals surface area contributed by atoms with E-state index in [0.29, 0.717) is 12.8 Å². The van der Waals surface area contributed by atoms with E-state index in [1.807, 2.05) is 0 Å². The summed E-state index contributed by atoms with van der Waals surface area (Å²) in [5, 5.41) is 0. The Labute approximate surface area is 230 Å². The van der Waals surface area contributed by atoms with E-state index in [1.165, 1.54) is 141 Å². The standard InChI is InChI=1S/C32H64N2O3/c1-3-5-7-9-11-13-15-17-19-21-23-25-27-29-31(35)33-37-34-32(36)30-28-26-24-22-20-18-16-14-12-10-8-6-4-2/h3-30H2,1-2H3,(H,33,35)(H,34,36). The van der Waals surface area contributed by atoms with Gasteiger partial charge in [0.15, 0.2) is 0 Å². The van der Waals surface area contributed by atoms with Crippen LogP contribution < -0.4 is 11.0 Å². The Morgan fingerprint density at radius 1 is 0.378 bits per heavy atom. The van der Waals surface area contributed by atoms with Crippen LogP contribution in [0.4, 0.5) is 0 Å². The lowest BCUT2D eigenvalue weighted by Gasteiger charge is -2.07. The molecule has 0 fully saturated rings. The molecule has 0 aliphatic rings. The fraction of sp³-hybridized carbons (Fsp3) is 0.938. The summed E-state index contributed by atoms with van der Waals surface area (Å²) in [6.07, 6.45) is 34.4. The Balaban J connectivity index is 3.27. The summed E-state index contributed by atoms with van der Waals surface area (Å²) in [5.41, 5.74) is 4.67. The van der Waals surface area contributed by atoms with Gasteiger partial charge in [-0.2, -0.15) is 4.94 Å². The van der Waals surface area contributed by atoms with Crippen LogP contribution in [-0.2, 0) is 14.5 Å². The minimum atomic E-state index is -0.163. The largest absolute Gasteiger partial charge is 0.273 e. The number of nitrogens with one attached hydrogen (secondary N) is 2. The van der Waals surface area contributed by atoms with Gasteiger partial charge in [-0.15, -0.1) is 0 Å². The van der Waals surface area contributed by atoms with Gasteiger partial charge in [0.05, 0.1) is 0 Å². The Kier molecular flexibility index (Phi) is 30.2. The maximum absolute atomic E-state index is 11.8. The Bertz CT molecular complexity index is 443. The van der Waals surface area contributed by atoms with Gasteiger partial charge in [-0.25, -0.2) is 11.0 Å². The molecule has 220 valence electrons. The van der Waals surface area contributed by atoms with Gasteiger partial charge < -0.3 is 0 Å². The number of unbranched alkanes of at least 4 members (excludes halogenated alkanes) is 24. The van der Waals surface area contributed by atoms with Crippen molar-refractivity contribution in [1.29, 1.82) is 0 Å². The molecule has 0 saturated heterocycles. The van der Waals surface area contributed by atoms with Gasteiger partial charge in [-0.3, -0.25) is 9.59 Å². The normalized spacial score (nSPS) is 11.1. The van der Waals surface area contributed by atoms with Crippen LogP contribution >= 0.6 is 0 Å². The minimum Gasteiger partial charge on any atom is -0.273 e. The molecule has 0 spiro atoms. The zero-order chi connectivity index (χ0) is 27.1. The molecule has 0 aromatic heterocycles. The molecule has 0 heterocycles. The molecule has 0 aromatic carbocycles. The Morgan fingerprint density at radius 2 is 0.595 bits per heavy atom. The first-order valence-electron chi connectivity index (χ1n) is 16.4. The maximum atomic E-state index is 11.8. The number of hydrogen-bond donors (Lipinski definition) is 2. The van der Waals surface area contributed by atoms with Gasteiger partial charge in [0.25, 0.3) is 0 Å². The third-order valence-corrected chi connectivity index (χ3v) is 7.34. The summed E-state index contributed by atoms with van der Waals surface area (Å²) in [4.78, 5) is 28.5. The van der Waals surface area contributed by atoms with Crippen LogP contribution in [0.5, 0.6) is 0 Å². The number of carbonyl (C=O) groups excluding carboxylic acids is 2. The van der Waals surface area contributed by atoms with Crippen LogP contribution in [-0.4, -0.2) is 11.8 Å². The average molecular weight is 525 g/mol. The highest BCUT2D eigenvalue weighted by molar-refractivity contribution is 5.76. The third-order valence-electron chi connectivity index (χ3n) is 7.34. The minimum absolute atomic E-state index is 0.163. The summed E-state index contributed by atoms with van der Waals surface area (Å²) in [6.45, 7) is 4.53. The van der Waals surface area contributed by atoms with Crippen molar-refractivity contribution in [2.75, 3.05) is 0 Å². The molecule has 5 nitrogen and oxygen atoms in total. The van der Waals surface area contributed by atoms with Crippen LogP contribution in [0.1, 0.15) is 194 Å².